The standard InChI is InChI=1S/C24H30N4O5S/c1-26(2)23(30)18-11-13-19(14-12-18)28(34(3,32)33)17-22(29)25-21-10-6-5-9-20(21)24(31)27-15-7-4-8-16-27/h5-6,9-14H,4,7-8,15-17H2,1-3H3,(H,25,29). The summed E-state index contributed by atoms with van der Waals surface area (Å²) in [5.41, 5.74) is 1.36. The van der Waals surface area contributed by atoms with Crippen LogP contribution in [-0.2, 0) is 14.8 Å². The molecule has 1 aliphatic heterocycles. The van der Waals surface area contributed by atoms with Crippen LogP contribution in [0.1, 0.15) is 40.0 Å². The van der Waals surface area contributed by atoms with Gasteiger partial charge in [-0.1, -0.05) is 12.1 Å². The number of para-hydroxylation sites is 1. The van der Waals surface area contributed by atoms with Crippen LogP contribution in [0, 0.1) is 0 Å². The van der Waals surface area contributed by atoms with Crippen LogP contribution < -0.4 is 9.62 Å². The van der Waals surface area contributed by atoms with Crippen molar-refractivity contribution >= 4 is 39.1 Å². The first kappa shape index (κ1) is 25.2. The number of sulfonamides is 1. The lowest BCUT2D eigenvalue weighted by atomic mass is 10.1. The van der Waals surface area contributed by atoms with E-state index >= 15 is 0 Å². The molecule has 3 amide bonds. The number of carbonyl (C=O) groups is 3. The highest BCUT2D eigenvalue weighted by Gasteiger charge is 2.24. The van der Waals surface area contributed by atoms with Crippen molar-refractivity contribution in [3.05, 3.63) is 59.7 Å². The third-order valence-electron chi connectivity index (χ3n) is 5.57. The predicted octanol–water partition coefficient (Wildman–Crippen LogP) is 2.42. The molecule has 1 fully saturated rings. The summed E-state index contributed by atoms with van der Waals surface area (Å²) < 4.78 is 25.8. The summed E-state index contributed by atoms with van der Waals surface area (Å²) in [6.07, 6.45) is 3.99. The molecule has 0 saturated carbocycles. The fourth-order valence-corrected chi connectivity index (χ4v) is 4.65. The monoisotopic (exact) mass is 486 g/mol. The van der Waals surface area contributed by atoms with Gasteiger partial charge in [0.1, 0.15) is 6.54 Å². The SMILES string of the molecule is CN(C)C(=O)c1ccc(N(CC(=O)Nc2ccccc2C(=O)N2CCCCC2)S(C)(=O)=O)cc1. The summed E-state index contributed by atoms with van der Waals surface area (Å²) in [5.74, 6) is -0.959. The van der Waals surface area contributed by atoms with Gasteiger partial charge in [0.05, 0.1) is 23.2 Å². The molecule has 0 spiro atoms. The Morgan fingerprint density at radius 1 is 0.941 bits per heavy atom. The van der Waals surface area contributed by atoms with E-state index in [4.69, 9.17) is 0 Å². The third kappa shape index (κ3) is 6.13. The van der Waals surface area contributed by atoms with Crippen molar-refractivity contribution in [2.75, 3.05) is 49.6 Å². The molecule has 0 aliphatic carbocycles. The summed E-state index contributed by atoms with van der Waals surface area (Å²) in [7, 11) is -0.552. The van der Waals surface area contributed by atoms with Crippen LogP contribution >= 0.6 is 0 Å². The van der Waals surface area contributed by atoms with Crippen molar-refractivity contribution in [3.63, 3.8) is 0 Å². The van der Waals surface area contributed by atoms with Gasteiger partial charge in [-0.05, 0) is 55.7 Å². The molecule has 2 aromatic rings. The van der Waals surface area contributed by atoms with Crippen LogP contribution in [0.2, 0.25) is 0 Å². The van der Waals surface area contributed by atoms with E-state index in [0.717, 1.165) is 29.8 Å². The number of anilines is 2. The minimum Gasteiger partial charge on any atom is -0.345 e. The molecule has 1 saturated heterocycles. The van der Waals surface area contributed by atoms with Crippen LogP contribution in [0.4, 0.5) is 11.4 Å². The van der Waals surface area contributed by atoms with Crippen molar-refractivity contribution < 1.29 is 22.8 Å². The van der Waals surface area contributed by atoms with Gasteiger partial charge in [-0.2, -0.15) is 0 Å². The highest BCUT2D eigenvalue weighted by atomic mass is 32.2. The average Bonchev–Trinajstić information content (AvgIpc) is 2.82. The van der Waals surface area contributed by atoms with E-state index in [-0.39, 0.29) is 17.5 Å². The van der Waals surface area contributed by atoms with Crippen LogP contribution in [0.25, 0.3) is 0 Å². The average molecular weight is 487 g/mol. The van der Waals surface area contributed by atoms with Crippen LogP contribution in [0.5, 0.6) is 0 Å². The number of hydrogen-bond donors (Lipinski definition) is 1. The van der Waals surface area contributed by atoms with Gasteiger partial charge in [0.2, 0.25) is 15.9 Å². The zero-order valence-corrected chi connectivity index (χ0v) is 20.5. The Labute approximate surface area is 200 Å². The van der Waals surface area contributed by atoms with E-state index < -0.39 is 22.5 Å². The molecule has 1 heterocycles. The molecular formula is C24H30N4O5S. The van der Waals surface area contributed by atoms with E-state index in [1.807, 2.05) is 0 Å². The molecule has 182 valence electrons. The molecule has 0 unspecified atom stereocenters. The molecule has 9 nitrogen and oxygen atoms in total. The van der Waals surface area contributed by atoms with Crippen molar-refractivity contribution in [1.29, 1.82) is 0 Å². The Bertz CT molecular complexity index is 1160. The second kappa shape index (κ2) is 10.7. The largest absolute Gasteiger partial charge is 0.345 e. The number of amides is 3. The molecule has 1 aliphatic rings. The van der Waals surface area contributed by atoms with Gasteiger partial charge in [-0.3, -0.25) is 18.7 Å². The number of benzene rings is 2. The first-order chi connectivity index (χ1) is 16.1. The fraction of sp³-hybridized carbons (Fsp3) is 0.375. The summed E-state index contributed by atoms with van der Waals surface area (Å²) in [6, 6.07) is 12.7. The molecule has 0 aromatic heterocycles. The maximum absolute atomic E-state index is 13.0. The molecule has 10 heteroatoms. The summed E-state index contributed by atoms with van der Waals surface area (Å²) in [5, 5.41) is 2.69. The number of hydrogen-bond acceptors (Lipinski definition) is 5. The maximum Gasteiger partial charge on any atom is 0.255 e. The number of carbonyl (C=O) groups excluding carboxylic acids is 3. The lowest BCUT2D eigenvalue weighted by molar-refractivity contribution is -0.114. The quantitative estimate of drug-likeness (QED) is 0.647. The molecule has 2 aromatic carbocycles. The number of piperidine rings is 1. The van der Waals surface area contributed by atoms with E-state index in [1.54, 1.807) is 43.3 Å². The van der Waals surface area contributed by atoms with Gasteiger partial charge in [0.15, 0.2) is 0 Å². The highest BCUT2D eigenvalue weighted by Crippen LogP contribution is 2.22. The molecule has 0 atom stereocenters. The summed E-state index contributed by atoms with van der Waals surface area (Å²) in [6.45, 7) is 0.872. The minimum atomic E-state index is -3.80. The highest BCUT2D eigenvalue weighted by molar-refractivity contribution is 7.92. The van der Waals surface area contributed by atoms with Gasteiger partial charge in [0.25, 0.3) is 11.8 Å². The smallest absolute Gasteiger partial charge is 0.255 e. The molecule has 1 N–H and O–H groups in total. The van der Waals surface area contributed by atoms with Crippen molar-refractivity contribution in [1.82, 2.24) is 9.80 Å². The molecule has 3 rings (SSSR count). The minimum absolute atomic E-state index is 0.156. The number of likely N-dealkylation sites (tertiary alicyclic amines) is 1. The zero-order chi connectivity index (χ0) is 24.9. The van der Waals surface area contributed by atoms with E-state index in [2.05, 4.69) is 5.32 Å². The second-order valence-corrected chi connectivity index (χ2v) is 10.4. The van der Waals surface area contributed by atoms with Crippen molar-refractivity contribution in [2.24, 2.45) is 0 Å². The number of rotatable bonds is 7. The normalized spacial score (nSPS) is 13.8. The summed E-state index contributed by atoms with van der Waals surface area (Å²) >= 11 is 0. The molecule has 0 radical (unpaired) electrons. The van der Waals surface area contributed by atoms with Gasteiger partial charge in [-0.15, -0.1) is 0 Å². The van der Waals surface area contributed by atoms with Gasteiger partial charge in [-0.25, -0.2) is 8.42 Å². The Morgan fingerprint density at radius 2 is 1.56 bits per heavy atom. The van der Waals surface area contributed by atoms with Crippen LogP contribution in [0.3, 0.4) is 0 Å². The second-order valence-electron chi connectivity index (χ2n) is 8.46. The lowest BCUT2D eigenvalue weighted by Crippen LogP contribution is -2.38. The van der Waals surface area contributed by atoms with E-state index in [9.17, 15) is 22.8 Å². The Balaban J connectivity index is 1.78. The van der Waals surface area contributed by atoms with E-state index in [0.29, 0.717) is 29.9 Å². The fourth-order valence-electron chi connectivity index (χ4n) is 3.79. The third-order valence-corrected chi connectivity index (χ3v) is 6.71. The first-order valence-corrected chi connectivity index (χ1v) is 12.9. The van der Waals surface area contributed by atoms with Crippen LogP contribution in [0.15, 0.2) is 48.5 Å². The Kier molecular flexibility index (Phi) is 7.93. The molecular weight excluding hydrogens is 456 g/mol. The maximum atomic E-state index is 13.0. The molecule has 34 heavy (non-hydrogen) atoms. The van der Waals surface area contributed by atoms with Gasteiger partial charge < -0.3 is 15.1 Å². The lowest BCUT2D eigenvalue weighted by Gasteiger charge is -2.27. The number of nitrogens with zero attached hydrogens (tertiary/aromatic N) is 3. The van der Waals surface area contributed by atoms with E-state index in [1.165, 1.54) is 29.2 Å². The summed E-state index contributed by atoms with van der Waals surface area (Å²) in [4.78, 5) is 41.1. The Morgan fingerprint density at radius 3 is 2.15 bits per heavy atom. The first-order valence-electron chi connectivity index (χ1n) is 11.1. The van der Waals surface area contributed by atoms with Gasteiger partial charge in [0, 0.05) is 32.7 Å². The van der Waals surface area contributed by atoms with Crippen molar-refractivity contribution in [3.8, 4) is 0 Å². The predicted molar refractivity (Wildman–Crippen MR) is 131 cm³/mol. The van der Waals surface area contributed by atoms with Crippen LogP contribution in [-0.4, -0.2) is 75.9 Å². The Hall–Kier alpha value is -3.40. The number of nitrogens with one attached hydrogen (secondary N) is 1. The topological polar surface area (TPSA) is 107 Å². The zero-order valence-electron chi connectivity index (χ0n) is 19.7. The molecule has 0 bridgehead atoms. The van der Waals surface area contributed by atoms with Gasteiger partial charge >= 0.3 is 0 Å². The van der Waals surface area contributed by atoms with Crippen molar-refractivity contribution in [2.45, 2.75) is 19.3 Å².